The third kappa shape index (κ3) is 6.11. The molecule has 0 fully saturated rings. The van der Waals surface area contributed by atoms with Gasteiger partial charge in [-0.15, -0.1) is 0 Å². The maximum atomic E-state index is 5.89. The molecule has 1 nitrogen and oxygen atoms in total. The zero-order valence-electron chi connectivity index (χ0n) is 11.4. The van der Waals surface area contributed by atoms with Gasteiger partial charge in [0.2, 0.25) is 0 Å². The molecule has 0 aromatic heterocycles. The number of halogens is 1. The van der Waals surface area contributed by atoms with E-state index in [-0.39, 0.29) is 0 Å². The van der Waals surface area contributed by atoms with Gasteiger partial charge in [-0.1, -0.05) is 50.1 Å². The van der Waals surface area contributed by atoms with Gasteiger partial charge in [-0.2, -0.15) is 0 Å². The molecule has 0 heterocycles. The molecule has 2 heteroatoms. The third-order valence-electron chi connectivity index (χ3n) is 2.94. The minimum absolute atomic E-state index is 0.708. The Hall–Kier alpha value is -0.950. The van der Waals surface area contributed by atoms with Crippen LogP contribution >= 0.6 is 11.6 Å². The highest BCUT2D eigenvalue weighted by atomic mass is 35.5. The number of ether oxygens (including phenoxy) is 1. The molecule has 100 valence electrons. The Balaban J connectivity index is 2.23. The van der Waals surface area contributed by atoms with Crippen LogP contribution in [0.25, 0.3) is 0 Å². The maximum Gasteiger partial charge on any atom is 0.120 e. The predicted molar refractivity (Wildman–Crippen MR) is 79.4 cm³/mol. The highest BCUT2D eigenvalue weighted by molar-refractivity contribution is 6.30. The van der Waals surface area contributed by atoms with Crippen molar-refractivity contribution in [1.82, 2.24) is 0 Å². The smallest absolute Gasteiger partial charge is 0.120 e. The lowest BCUT2D eigenvalue weighted by molar-refractivity contribution is 0.324. The van der Waals surface area contributed by atoms with Gasteiger partial charge in [0, 0.05) is 5.02 Å². The highest BCUT2D eigenvalue weighted by Gasteiger charge is 1.98. The molecule has 0 radical (unpaired) electrons. The summed E-state index contributed by atoms with van der Waals surface area (Å²) in [5.74, 6) is 1.57. The summed E-state index contributed by atoms with van der Waals surface area (Å²) in [4.78, 5) is 0. The number of allylic oxidation sites excluding steroid dienone is 1. The molecule has 0 aliphatic carbocycles. The molecule has 1 aromatic carbocycles. The van der Waals surface area contributed by atoms with E-state index in [9.17, 15) is 0 Å². The SMILES string of the molecule is CCCC(/C=C/CCOc1cccc(Cl)c1)CC. The summed E-state index contributed by atoms with van der Waals surface area (Å²) in [6, 6.07) is 7.53. The van der Waals surface area contributed by atoms with Crippen LogP contribution < -0.4 is 4.74 Å². The first kappa shape index (κ1) is 15.1. The van der Waals surface area contributed by atoms with Gasteiger partial charge in [0.15, 0.2) is 0 Å². The molecule has 1 rings (SSSR count). The lowest BCUT2D eigenvalue weighted by atomic mass is 10.0. The summed E-state index contributed by atoms with van der Waals surface area (Å²) in [7, 11) is 0. The normalized spacial score (nSPS) is 12.8. The molecule has 0 aliphatic rings. The first-order valence-electron chi connectivity index (χ1n) is 6.81. The van der Waals surface area contributed by atoms with Crippen molar-refractivity contribution in [3.05, 3.63) is 41.4 Å². The summed E-state index contributed by atoms with van der Waals surface area (Å²) in [5.41, 5.74) is 0. The number of hydrogen-bond acceptors (Lipinski definition) is 1. The zero-order chi connectivity index (χ0) is 13.2. The van der Waals surface area contributed by atoms with Crippen LogP contribution in [0.5, 0.6) is 5.75 Å². The van der Waals surface area contributed by atoms with Gasteiger partial charge < -0.3 is 4.74 Å². The molecule has 0 saturated heterocycles. The van der Waals surface area contributed by atoms with Gasteiger partial charge in [0.05, 0.1) is 6.61 Å². The highest BCUT2D eigenvalue weighted by Crippen LogP contribution is 2.17. The van der Waals surface area contributed by atoms with Crippen LogP contribution in [-0.2, 0) is 0 Å². The Bertz CT molecular complexity index is 360. The number of benzene rings is 1. The van der Waals surface area contributed by atoms with Gasteiger partial charge >= 0.3 is 0 Å². The summed E-state index contributed by atoms with van der Waals surface area (Å²) in [6.45, 7) is 5.19. The number of rotatable bonds is 8. The van der Waals surface area contributed by atoms with Crippen molar-refractivity contribution in [2.45, 2.75) is 39.5 Å². The average molecular weight is 267 g/mol. The van der Waals surface area contributed by atoms with Crippen molar-refractivity contribution in [2.24, 2.45) is 5.92 Å². The second-order valence-electron chi connectivity index (χ2n) is 4.48. The number of hydrogen-bond donors (Lipinski definition) is 0. The standard InChI is InChI=1S/C16H23ClO/c1-3-8-14(4-2)9-5-6-12-18-16-11-7-10-15(17)13-16/h5,7,9-11,13-14H,3-4,6,8,12H2,1-2H3/b9-5+. The van der Waals surface area contributed by atoms with Crippen LogP contribution in [0, 0.1) is 5.92 Å². The predicted octanol–water partition coefficient (Wildman–Crippen LogP) is 5.49. The van der Waals surface area contributed by atoms with Crippen molar-refractivity contribution in [1.29, 1.82) is 0 Å². The lowest BCUT2D eigenvalue weighted by Gasteiger charge is -2.08. The van der Waals surface area contributed by atoms with Gasteiger partial charge in [0.25, 0.3) is 0 Å². The Labute approximate surface area is 116 Å². The van der Waals surface area contributed by atoms with E-state index in [2.05, 4.69) is 26.0 Å². The Morgan fingerprint density at radius 3 is 2.83 bits per heavy atom. The molecular formula is C16H23ClO. The monoisotopic (exact) mass is 266 g/mol. The van der Waals surface area contributed by atoms with E-state index in [1.807, 2.05) is 24.3 Å². The summed E-state index contributed by atoms with van der Waals surface area (Å²) in [5, 5.41) is 0.719. The van der Waals surface area contributed by atoms with Crippen LogP contribution in [0.2, 0.25) is 5.02 Å². The van der Waals surface area contributed by atoms with Crippen LogP contribution in [-0.4, -0.2) is 6.61 Å². The van der Waals surface area contributed by atoms with E-state index in [1.165, 1.54) is 19.3 Å². The van der Waals surface area contributed by atoms with E-state index < -0.39 is 0 Å². The molecule has 0 aliphatic heterocycles. The Morgan fingerprint density at radius 2 is 2.17 bits per heavy atom. The van der Waals surface area contributed by atoms with Crippen LogP contribution in [0.3, 0.4) is 0 Å². The molecule has 0 N–H and O–H groups in total. The molecule has 1 aromatic rings. The maximum absolute atomic E-state index is 5.89. The largest absolute Gasteiger partial charge is 0.493 e. The summed E-state index contributed by atoms with van der Waals surface area (Å²) >= 11 is 5.89. The Morgan fingerprint density at radius 1 is 1.33 bits per heavy atom. The fourth-order valence-electron chi connectivity index (χ4n) is 1.90. The first-order valence-corrected chi connectivity index (χ1v) is 7.19. The summed E-state index contributed by atoms with van der Waals surface area (Å²) < 4.78 is 5.63. The van der Waals surface area contributed by atoms with Crippen molar-refractivity contribution >= 4 is 11.6 Å². The molecule has 18 heavy (non-hydrogen) atoms. The fraction of sp³-hybridized carbons (Fsp3) is 0.500. The van der Waals surface area contributed by atoms with Crippen molar-refractivity contribution in [3.63, 3.8) is 0 Å². The average Bonchev–Trinajstić information content (AvgIpc) is 2.37. The van der Waals surface area contributed by atoms with Gasteiger partial charge in [0.1, 0.15) is 5.75 Å². The van der Waals surface area contributed by atoms with Crippen LogP contribution in [0.4, 0.5) is 0 Å². The van der Waals surface area contributed by atoms with E-state index in [1.54, 1.807) is 0 Å². The van der Waals surface area contributed by atoms with Crippen molar-refractivity contribution < 1.29 is 4.74 Å². The molecule has 0 amide bonds. The molecule has 1 unspecified atom stereocenters. The zero-order valence-corrected chi connectivity index (χ0v) is 12.1. The van der Waals surface area contributed by atoms with E-state index >= 15 is 0 Å². The molecule has 0 saturated carbocycles. The molecular weight excluding hydrogens is 244 g/mol. The molecule has 0 spiro atoms. The quantitative estimate of drug-likeness (QED) is 0.446. The van der Waals surface area contributed by atoms with E-state index in [0.29, 0.717) is 6.61 Å². The topological polar surface area (TPSA) is 9.23 Å². The molecule has 1 atom stereocenters. The Kier molecular flexibility index (Phi) is 7.59. The van der Waals surface area contributed by atoms with Crippen molar-refractivity contribution in [3.8, 4) is 5.75 Å². The fourth-order valence-corrected chi connectivity index (χ4v) is 2.08. The van der Waals surface area contributed by atoms with E-state index in [0.717, 1.165) is 23.1 Å². The van der Waals surface area contributed by atoms with Crippen LogP contribution in [0.1, 0.15) is 39.5 Å². The van der Waals surface area contributed by atoms with Crippen LogP contribution in [0.15, 0.2) is 36.4 Å². The second kappa shape index (κ2) is 9.04. The first-order chi connectivity index (χ1) is 8.76. The minimum Gasteiger partial charge on any atom is -0.493 e. The summed E-state index contributed by atoms with van der Waals surface area (Å²) in [6.07, 6.45) is 9.26. The minimum atomic E-state index is 0.708. The second-order valence-corrected chi connectivity index (χ2v) is 4.92. The lowest BCUT2D eigenvalue weighted by Crippen LogP contribution is -1.97. The van der Waals surface area contributed by atoms with E-state index in [4.69, 9.17) is 16.3 Å². The third-order valence-corrected chi connectivity index (χ3v) is 3.18. The van der Waals surface area contributed by atoms with Gasteiger partial charge in [-0.25, -0.2) is 0 Å². The van der Waals surface area contributed by atoms with Gasteiger partial charge in [-0.05, 0) is 43.4 Å². The van der Waals surface area contributed by atoms with Crippen molar-refractivity contribution in [2.75, 3.05) is 6.61 Å². The molecule has 0 bridgehead atoms. The van der Waals surface area contributed by atoms with Gasteiger partial charge in [-0.3, -0.25) is 0 Å².